The van der Waals surface area contributed by atoms with Crippen molar-refractivity contribution in [1.82, 2.24) is 15.3 Å². The number of nitrogens with zero attached hydrogens (tertiary/aromatic N) is 3. The fourth-order valence-corrected chi connectivity index (χ4v) is 3.22. The summed E-state index contributed by atoms with van der Waals surface area (Å²) in [6.07, 6.45) is 2.78. The van der Waals surface area contributed by atoms with Gasteiger partial charge in [-0.15, -0.1) is 0 Å². The standard InChI is InChI=1S/C17H19N5O2/c1-20-10-3-2-9(6-10)15-13(8-18)16(19)22-17(21-15)12-7-11(23)4-5-14(12)24/h4-5,7,9-10,20,23-24H,2-3,6H2,1H3,(H2,19,21,22). The smallest absolute Gasteiger partial charge is 0.165 e. The predicted octanol–water partition coefficient (Wildman–Crippen LogP) is 1.86. The molecule has 1 fully saturated rings. The van der Waals surface area contributed by atoms with Crippen LogP contribution >= 0.6 is 0 Å². The van der Waals surface area contributed by atoms with Gasteiger partial charge in [0.15, 0.2) is 5.82 Å². The van der Waals surface area contributed by atoms with Crippen molar-refractivity contribution >= 4 is 5.82 Å². The third-order valence-electron chi connectivity index (χ3n) is 4.53. The Balaban J connectivity index is 2.10. The molecule has 5 N–H and O–H groups in total. The Bertz CT molecular complexity index is 815. The molecule has 0 spiro atoms. The first-order chi connectivity index (χ1) is 11.5. The number of benzene rings is 1. The summed E-state index contributed by atoms with van der Waals surface area (Å²) >= 11 is 0. The fourth-order valence-electron chi connectivity index (χ4n) is 3.22. The second-order valence-corrected chi connectivity index (χ2v) is 6.00. The first kappa shape index (κ1) is 16.0. The Morgan fingerprint density at radius 3 is 2.75 bits per heavy atom. The molecular weight excluding hydrogens is 306 g/mol. The van der Waals surface area contributed by atoms with Crippen molar-refractivity contribution in [3.8, 4) is 29.0 Å². The average Bonchev–Trinajstić information content (AvgIpc) is 3.05. The molecule has 0 amide bonds. The van der Waals surface area contributed by atoms with E-state index in [1.54, 1.807) is 0 Å². The van der Waals surface area contributed by atoms with E-state index in [1.165, 1.54) is 18.2 Å². The van der Waals surface area contributed by atoms with Crippen LogP contribution in [-0.2, 0) is 0 Å². The molecule has 2 atom stereocenters. The highest BCUT2D eigenvalue weighted by Crippen LogP contribution is 2.38. The van der Waals surface area contributed by atoms with Crippen LogP contribution in [0.1, 0.15) is 36.4 Å². The Labute approximate surface area is 139 Å². The van der Waals surface area contributed by atoms with Gasteiger partial charge in [0.25, 0.3) is 0 Å². The van der Waals surface area contributed by atoms with Crippen molar-refractivity contribution in [2.75, 3.05) is 12.8 Å². The number of hydrogen-bond acceptors (Lipinski definition) is 7. The molecule has 2 unspecified atom stereocenters. The van der Waals surface area contributed by atoms with E-state index in [2.05, 4.69) is 21.4 Å². The summed E-state index contributed by atoms with van der Waals surface area (Å²) in [4.78, 5) is 8.66. The van der Waals surface area contributed by atoms with Crippen LogP contribution in [0.25, 0.3) is 11.4 Å². The SMILES string of the molecule is CNC1CCC(c2nc(-c3cc(O)ccc3O)nc(N)c2C#N)C1. The highest BCUT2D eigenvalue weighted by molar-refractivity contribution is 5.68. The number of nitrogen functional groups attached to an aromatic ring is 1. The number of rotatable bonds is 3. The molecule has 1 heterocycles. The lowest BCUT2D eigenvalue weighted by atomic mass is 9.98. The molecule has 24 heavy (non-hydrogen) atoms. The molecule has 1 aliphatic carbocycles. The lowest BCUT2D eigenvalue weighted by molar-refractivity contribution is 0.461. The molecule has 124 valence electrons. The zero-order valence-corrected chi connectivity index (χ0v) is 13.3. The normalized spacial score (nSPS) is 20.0. The van der Waals surface area contributed by atoms with Crippen LogP contribution in [0.4, 0.5) is 5.82 Å². The minimum Gasteiger partial charge on any atom is -0.508 e. The van der Waals surface area contributed by atoms with Crippen LogP contribution in [-0.4, -0.2) is 33.3 Å². The lowest BCUT2D eigenvalue weighted by Crippen LogP contribution is -2.21. The number of aromatic nitrogens is 2. The first-order valence-electron chi connectivity index (χ1n) is 7.80. The summed E-state index contributed by atoms with van der Waals surface area (Å²) in [5, 5.41) is 32.4. The van der Waals surface area contributed by atoms with E-state index in [0.29, 0.717) is 17.3 Å². The molecule has 7 heteroatoms. The number of phenolic OH excluding ortho intramolecular Hbond substituents is 2. The fraction of sp³-hybridized carbons (Fsp3) is 0.353. The van der Waals surface area contributed by atoms with E-state index >= 15 is 0 Å². The Hall–Kier alpha value is -2.85. The number of nitrogens with two attached hydrogens (primary N) is 1. The highest BCUT2D eigenvalue weighted by Gasteiger charge is 2.29. The van der Waals surface area contributed by atoms with Crippen molar-refractivity contribution in [1.29, 1.82) is 5.26 Å². The van der Waals surface area contributed by atoms with E-state index in [1.807, 2.05) is 7.05 Å². The van der Waals surface area contributed by atoms with Crippen molar-refractivity contribution in [2.24, 2.45) is 0 Å². The van der Waals surface area contributed by atoms with Gasteiger partial charge in [-0.3, -0.25) is 0 Å². The summed E-state index contributed by atoms with van der Waals surface area (Å²) in [5.41, 5.74) is 7.15. The molecule has 3 rings (SSSR count). The summed E-state index contributed by atoms with van der Waals surface area (Å²) in [5.74, 6) is 0.353. The average molecular weight is 325 g/mol. The molecule has 1 aromatic heterocycles. The minimum absolute atomic E-state index is 0.00741. The molecule has 0 bridgehead atoms. The van der Waals surface area contributed by atoms with Crippen LogP contribution in [0.15, 0.2) is 18.2 Å². The second-order valence-electron chi connectivity index (χ2n) is 6.00. The van der Waals surface area contributed by atoms with Gasteiger partial charge in [0.2, 0.25) is 0 Å². The maximum atomic E-state index is 10.0. The van der Waals surface area contributed by atoms with Crippen molar-refractivity contribution in [3.05, 3.63) is 29.5 Å². The monoisotopic (exact) mass is 325 g/mol. The number of hydrogen-bond donors (Lipinski definition) is 4. The summed E-state index contributed by atoms with van der Waals surface area (Å²) in [6, 6.07) is 6.61. The van der Waals surface area contributed by atoms with Crippen LogP contribution in [0.3, 0.4) is 0 Å². The van der Waals surface area contributed by atoms with Gasteiger partial charge in [0.05, 0.1) is 11.3 Å². The van der Waals surface area contributed by atoms with E-state index in [-0.39, 0.29) is 34.6 Å². The van der Waals surface area contributed by atoms with E-state index in [9.17, 15) is 15.5 Å². The highest BCUT2D eigenvalue weighted by atomic mass is 16.3. The second kappa shape index (κ2) is 6.34. The number of anilines is 1. The molecule has 1 aliphatic rings. The van der Waals surface area contributed by atoms with Crippen LogP contribution in [0, 0.1) is 11.3 Å². The summed E-state index contributed by atoms with van der Waals surface area (Å²) in [6.45, 7) is 0. The molecular formula is C17H19N5O2. The van der Waals surface area contributed by atoms with E-state index in [0.717, 1.165) is 19.3 Å². The Morgan fingerprint density at radius 1 is 1.29 bits per heavy atom. The maximum absolute atomic E-state index is 10.0. The van der Waals surface area contributed by atoms with Gasteiger partial charge in [0.1, 0.15) is 28.9 Å². The topological polar surface area (TPSA) is 128 Å². The number of phenols is 2. The Kier molecular flexibility index (Phi) is 4.23. The molecule has 7 nitrogen and oxygen atoms in total. The predicted molar refractivity (Wildman–Crippen MR) is 89.4 cm³/mol. The van der Waals surface area contributed by atoms with Crippen molar-refractivity contribution in [2.45, 2.75) is 31.2 Å². The number of aromatic hydroxyl groups is 2. The molecule has 2 aromatic rings. The maximum Gasteiger partial charge on any atom is 0.165 e. The molecule has 0 radical (unpaired) electrons. The van der Waals surface area contributed by atoms with Crippen molar-refractivity contribution < 1.29 is 10.2 Å². The number of nitrogens with one attached hydrogen (secondary N) is 1. The van der Waals surface area contributed by atoms with E-state index in [4.69, 9.17) is 5.73 Å². The lowest BCUT2D eigenvalue weighted by Gasteiger charge is -2.15. The summed E-state index contributed by atoms with van der Waals surface area (Å²) in [7, 11) is 1.92. The summed E-state index contributed by atoms with van der Waals surface area (Å²) < 4.78 is 0. The quantitative estimate of drug-likeness (QED) is 0.634. The number of nitriles is 1. The van der Waals surface area contributed by atoms with Gasteiger partial charge in [-0.2, -0.15) is 5.26 Å². The van der Waals surface area contributed by atoms with Crippen LogP contribution in [0.2, 0.25) is 0 Å². The molecule has 1 saturated carbocycles. The largest absolute Gasteiger partial charge is 0.508 e. The van der Waals surface area contributed by atoms with Gasteiger partial charge in [0, 0.05) is 12.0 Å². The Morgan fingerprint density at radius 2 is 2.08 bits per heavy atom. The van der Waals surface area contributed by atoms with Gasteiger partial charge in [-0.25, -0.2) is 9.97 Å². The van der Waals surface area contributed by atoms with E-state index < -0.39 is 0 Å². The zero-order chi connectivity index (χ0) is 17.3. The van der Waals surface area contributed by atoms with Crippen molar-refractivity contribution in [3.63, 3.8) is 0 Å². The van der Waals surface area contributed by atoms with Gasteiger partial charge in [-0.1, -0.05) is 0 Å². The van der Waals surface area contributed by atoms with Gasteiger partial charge < -0.3 is 21.3 Å². The van der Waals surface area contributed by atoms with Gasteiger partial charge >= 0.3 is 0 Å². The third-order valence-corrected chi connectivity index (χ3v) is 4.53. The minimum atomic E-state index is -0.0534. The van der Waals surface area contributed by atoms with Crippen LogP contribution in [0.5, 0.6) is 11.5 Å². The molecule has 1 aromatic carbocycles. The molecule has 0 saturated heterocycles. The first-order valence-corrected chi connectivity index (χ1v) is 7.80. The molecule has 0 aliphatic heterocycles. The van der Waals surface area contributed by atoms with Crippen LogP contribution < -0.4 is 11.1 Å². The third kappa shape index (κ3) is 2.84. The zero-order valence-electron chi connectivity index (χ0n) is 13.3. The van der Waals surface area contributed by atoms with Gasteiger partial charge in [-0.05, 0) is 44.5 Å².